The molecular formula is C8H17NO2. The molecule has 3 nitrogen and oxygen atoms in total. The lowest BCUT2D eigenvalue weighted by atomic mass is 9.96. The zero-order chi connectivity index (χ0) is 8.91. The van der Waals surface area contributed by atoms with Crippen LogP contribution in [0.5, 0.6) is 0 Å². The smallest absolute Gasteiger partial charge is 0.323 e. The maximum atomic E-state index is 10.7. The van der Waals surface area contributed by atoms with Crippen LogP contribution in [-0.4, -0.2) is 23.2 Å². The van der Waals surface area contributed by atoms with Gasteiger partial charge in [-0.3, -0.25) is 4.79 Å². The van der Waals surface area contributed by atoms with Crippen molar-refractivity contribution in [2.24, 2.45) is 0 Å². The summed E-state index contributed by atoms with van der Waals surface area (Å²) in [7, 11) is 0. The number of carboxylic acid groups (broad SMARTS) is 1. The van der Waals surface area contributed by atoms with Crippen molar-refractivity contribution in [3.05, 3.63) is 0 Å². The summed E-state index contributed by atoms with van der Waals surface area (Å²) in [6, 6.07) is 0. The van der Waals surface area contributed by atoms with Gasteiger partial charge >= 0.3 is 5.97 Å². The Bertz CT molecular complexity index is 128. The molecule has 2 N–H and O–H groups in total. The maximum absolute atomic E-state index is 10.7. The molecule has 0 aliphatic heterocycles. The Morgan fingerprint density at radius 2 is 2.09 bits per heavy atom. The fourth-order valence-electron chi connectivity index (χ4n) is 1.16. The molecule has 0 aromatic carbocycles. The van der Waals surface area contributed by atoms with Crippen LogP contribution in [0.15, 0.2) is 0 Å². The van der Waals surface area contributed by atoms with E-state index in [0.717, 1.165) is 6.42 Å². The molecule has 0 spiro atoms. The van der Waals surface area contributed by atoms with E-state index in [0.29, 0.717) is 13.0 Å². The monoisotopic (exact) mass is 159 g/mol. The van der Waals surface area contributed by atoms with Gasteiger partial charge < -0.3 is 10.4 Å². The van der Waals surface area contributed by atoms with E-state index in [9.17, 15) is 4.79 Å². The fraction of sp³-hybridized carbons (Fsp3) is 0.875. The lowest BCUT2D eigenvalue weighted by Gasteiger charge is -2.24. The van der Waals surface area contributed by atoms with Crippen LogP contribution in [0.3, 0.4) is 0 Å². The summed E-state index contributed by atoms with van der Waals surface area (Å²) >= 11 is 0. The molecule has 0 heterocycles. The Balaban J connectivity index is 4.13. The molecule has 0 rings (SSSR count). The van der Waals surface area contributed by atoms with Gasteiger partial charge in [0.05, 0.1) is 0 Å². The van der Waals surface area contributed by atoms with E-state index in [1.54, 1.807) is 6.92 Å². The van der Waals surface area contributed by atoms with Crippen LogP contribution < -0.4 is 5.32 Å². The molecule has 1 unspecified atom stereocenters. The van der Waals surface area contributed by atoms with Gasteiger partial charge in [0, 0.05) is 0 Å². The second-order valence-corrected chi connectivity index (χ2v) is 2.92. The number of aliphatic carboxylic acids is 1. The Morgan fingerprint density at radius 1 is 1.55 bits per heavy atom. The number of hydrogen-bond donors (Lipinski definition) is 2. The molecule has 3 heteroatoms. The minimum atomic E-state index is -0.763. The van der Waals surface area contributed by atoms with Gasteiger partial charge in [-0.15, -0.1) is 0 Å². The molecule has 0 aromatic rings. The minimum Gasteiger partial charge on any atom is -0.480 e. The van der Waals surface area contributed by atoms with Crippen LogP contribution in [0.1, 0.15) is 33.6 Å². The number of carbonyl (C=O) groups is 1. The minimum absolute atomic E-state index is 0.677. The van der Waals surface area contributed by atoms with Crippen LogP contribution in [0.25, 0.3) is 0 Å². The van der Waals surface area contributed by atoms with Crippen molar-refractivity contribution in [2.45, 2.75) is 39.2 Å². The van der Waals surface area contributed by atoms with Gasteiger partial charge in [0.1, 0.15) is 5.54 Å². The highest BCUT2D eigenvalue weighted by Crippen LogP contribution is 2.11. The molecule has 11 heavy (non-hydrogen) atoms. The molecule has 0 aliphatic carbocycles. The largest absolute Gasteiger partial charge is 0.480 e. The van der Waals surface area contributed by atoms with Crippen molar-refractivity contribution in [3.8, 4) is 0 Å². The van der Waals surface area contributed by atoms with Crippen LogP contribution in [-0.2, 0) is 4.79 Å². The zero-order valence-electron chi connectivity index (χ0n) is 7.48. The first-order valence-electron chi connectivity index (χ1n) is 4.05. The molecule has 0 amide bonds. The van der Waals surface area contributed by atoms with E-state index in [4.69, 9.17) is 5.11 Å². The Hall–Kier alpha value is -0.570. The third-order valence-electron chi connectivity index (χ3n) is 1.79. The topological polar surface area (TPSA) is 49.3 Å². The molecular weight excluding hydrogens is 142 g/mol. The molecule has 0 bridgehead atoms. The van der Waals surface area contributed by atoms with E-state index < -0.39 is 11.5 Å². The Kier molecular flexibility index (Phi) is 4.11. The Morgan fingerprint density at radius 3 is 2.36 bits per heavy atom. The van der Waals surface area contributed by atoms with E-state index >= 15 is 0 Å². The second-order valence-electron chi connectivity index (χ2n) is 2.92. The van der Waals surface area contributed by atoms with Gasteiger partial charge in [-0.05, 0) is 19.9 Å². The first-order chi connectivity index (χ1) is 5.06. The lowest BCUT2D eigenvalue weighted by molar-refractivity contribution is -0.144. The first kappa shape index (κ1) is 10.4. The van der Waals surface area contributed by atoms with E-state index in [-0.39, 0.29) is 0 Å². The van der Waals surface area contributed by atoms with Gasteiger partial charge in [0.15, 0.2) is 0 Å². The molecule has 1 atom stereocenters. The van der Waals surface area contributed by atoms with Gasteiger partial charge in [-0.1, -0.05) is 20.3 Å². The highest BCUT2D eigenvalue weighted by Gasteiger charge is 2.30. The van der Waals surface area contributed by atoms with Crippen molar-refractivity contribution in [2.75, 3.05) is 6.54 Å². The highest BCUT2D eigenvalue weighted by atomic mass is 16.4. The summed E-state index contributed by atoms with van der Waals surface area (Å²) < 4.78 is 0. The van der Waals surface area contributed by atoms with Gasteiger partial charge in [-0.25, -0.2) is 0 Å². The normalized spacial score (nSPS) is 15.9. The molecule has 0 saturated carbocycles. The standard InChI is InChI=1S/C8H17NO2/c1-4-6-8(3,7(10)11)9-5-2/h9H,4-6H2,1-3H3,(H,10,11). The summed E-state index contributed by atoms with van der Waals surface area (Å²) in [5.74, 6) is -0.763. The summed E-state index contributed by atoms with van der Waals surface area (Å²) in [5, 5.41) is 11.8. The maximum Gasteiger partial charge on any atom is 0.323 e. The predicted octanol–water partition coefficient (Wildman–Crippen LogP) is 1.24. The number of likely N-dealkylation sites (N-methyl/N-ethyl adjacent to an activating group) is 1. The number of carboxylic acids is 1. The number of hydrogen-bond acceptors (Lipinski definition) is 2. The van der Waals surface area contributed by atoms with Gasteiger partial charge in [0.25, 0.3) is 0 Å². The lowest BCUT2D eigenvalue weighted by Crippen LogP contribution is -2.49. The summed E-state index contributed by atoms with van der Waals surface area (Å²) in [5.41, 5.74) is -0.733. The van der Waals surface area contributed by atoms with Crippen molar-refractivity contribution in [1.82, 2.24) is 5.32 Å². The first-order valence-corrected chi connectivity index (χ1v) is 4.05. The summed E-state index contributed by atoms with van der Waals surface area (Å²) in [6.45, 7) is 6.32. The third-order valence-corrected chi connectivity index (χ3v) is 1.79. The van der Waals surface area contributed by atoms with E-state index in [1.165, 1.54) is 0 Å². The summed E-state index contributed by atoms with van der Waals surface area (Å²) in [6.07, 6.45) is 1.56. The van der Waals surface area contributed by atoms with E-state index in [1.807, 2.05) is 13.8 Å². The highest BCUT2D eigenvalue weighted by molar-refractivity contribution is 5.78. The zero-order valence-corrected chi connectivity index (χ0v) is 7.48. The van der Waals surface area contributed by atoms with Crippen LogP contribution in [0.4, 0.5) is 0 Å². The molecule has 0 aliphatic rings. The summed E-state index contributed by atoms with van der Waals surface area (Å²) in [4.78, 5) is 10.7. The molecule has 0 aromatic heterocycles. The molecule has 0 fully saturated rings. The van der Waals surface area contributed by atoms with Crippen LogP contribution in [0.2, 0.25) is 0 Å². The van der Waals surface area contributed by atoms with Crippen LogP contribution in [0, 0.1) is 0 Å². The SMILES string of the molecule is CCCC(C)(NCC)C(=O)O. The average molecular weight is 159 g/mol. The van der Waals surface area contributed by atoms with Gasteiger partial charge in [-0.2, -0.15) is 0 Å². The van der Waals surface area contributed by atoms with Crippen molar-refractivity contribution < 1.29 is 9.90 Å². The molecule has 0 radical (unpaired) electrons. The average Bonchev–Trinajstić information content (AvgIpc) is 1.88. The number of rotatable bonds is 5. The quantitative estimate of drug-likeness (QED) is 0.634. The van der Waals surface area contributed by atoms with E-state index in [2.05, 4.69) is 5.32 Å². The second kappa shape index (κ2) is 4.34. The fourth-order valence-corrected chi connectivity index (χ4v) is 1.16. The van der Waals surface area contributed by atoms with Crippen molar-refractivity contribution in [3.63, 3.8) is 0 Å². The number of nitrogens with one attached hydrogen (secondary N) is 1. The molecule has 66 valence electrons. The van der Waals surface area contributed by atoms with Crippen molar-refractivity contribution >= 4 is 5.97 Å². The van der Waals surface area contributed by atoms with Crippen LogP contribution >= 0.6 is 0 Å². The van der Waals surface area contributed by atoms with Crippen molar-refractivity contribution in [1.29, 1.82) is 0 Å². The predicted molar refractivity (Wildman–Crippen MR) is 44.6 cm³/mol. The molecule has 0 saturated heterocycles. The Labute approximate surface area is 67.8 Å². The third kappa shape index (κ3) is 2.89. The van der Waals surface area contributed by atoms with Gasteiger partial charge in [0.2, 0.25) is 0 Å².